The Morgan fingerprint density at radius 2 is 2.14 bits per heavy atom. The van der Waals surface area contributed by atoms with Crippen LogP contribution in [0.5, 0.6) is 0 Å². The molecule has 7 heteroatoms. The Labute approximate surface area is 123 Å². The van der Waals surface area contributed by atoms with Crippen molar-refractivity contribution in [2.24, 2.45) is 0 Å². The van der Waals surface area contributed by atoms with Gasteiger partial charge in [0.15, 0.2) is 0 Å². The molecule has 7 nitrogen and oxygen atoms in total. The molecule has 3 N–H and O–H groups in total. The number of nitrogens with one attached hydrogen (secondary N) is 3. The lowest BCUT2D eigenvalue weighted by Gasteiger charge is -2.24. The van der Waals surface area contributed by atoms with Crippen LogP contribution in [-0.4, -0.2) is 36.5 Å². The smallest absolute Gasteiger partial charge is 0.293 e. The van der Waals surface area contributed by atoms with Crippen molar-refractivity contribution in [2.45, 2.75) is 25.8 Å². The molecular formula is C14H20N4O3. The van der Waals surface area contributed by atoms with E-state index in [1.807, 2.05) is 0 Å². The van der Waals surface area contributed by atoms with Crippen molar-refractivity contribution in [3.63, 3.8) is 0 Å². The average Bonchev–Trinajstić information content (AvgIpc) is 2.48. The molecule has 1 amide bonds. The molecule has 1 aromatic carbocycles. The number of amides is 1. The zero-order valence-corrected chi connectivity index (χ0v) is 12.0. The van der Waals surface area contributed by atoms with Gasteiger partial charge in [0.05, 0.1) is 4.92 Å². The molecule has 1 aliphatic heterocycles. The number of carbonyl (C=O) groups is 1. The summed E-state index contributed by atoms with van der Waals surface area (Å²) in [7, 11) is 0. The highest BCUT2D eigenvalue weighted by Gasteiger charge is 2.20. The molecule has 0 aromatic heterocycles. The van der Waals surface area contributed by atoms with Gasteiger partial charge in [-0.25, -0.2) is 0 Å². The first kappa shape index (κ1) is 15.2. The van der Waals surface area contributed by atoms with Crippen molar-refractivity contribution in [2.75, 3.05) is 25.0 Å². The molecule has 1 aliphatic rings. The summed E-state index contributed by atoms with van der Waals surface area (Å²) in [6, 6.07) is 4.78. The van der Waals surface area contributed by atoms with Gasteiger partial charge in [0, 0.05) is 24.2 Å². The van der Waals surface area contributed by atoms with Crippen LogP contribution in [-0.2, 0) is 0 Å². The second kappa shape index (κ2) is 7.03. The molecule has 21 heavy (non-hydrogen) atoms. The molecule has 2 rings (SSSR count). The number of piperidine rings is 1. The highest BCUT2D eigenvalue weighted by Crippen LogP contribution is 2.27. The van der Waals surface area contributed by atoms with Crippen molar-refractivity contribution >= 4 is 17.3 Å². The number of rotatable bonds is 5. The average molecular weight is 292 g/mol. The highest BCUT2D eigenvalue weighted by molar-refractivity contribution is 5.95. The van der Waals surface area contributed by atoms with E-state index < -0.39 is 4.92 Å². The Morgan fingerprint density at radius 3 is 2.76 bits per heavy atom. The number of nitro benzene ring substituents is 1. The number of anilines is 1. The second-order valence-electron chi connectivity index (χ2n) is 5.02. The van der Waals surface area contributed by atoms with Gasteiger partial charge in [0.25, 0.3) is 11.6 Å². The third kappa shape index (κ3) is 3.91. The molecule has 1 fully saturated rings. The highest BCUT2D eigenvalue weighted by atomic mass is 16.6. The summed E-state index contributed by atoms with van der Waals surface area (Å²) < 4.78 is 0. The van der Waals surface area contributed by atoms with E-state index in [-0.39, 0.29) is 17.6 Å². The SMILES string of the molecule is CCNC(=O)c1ccc(NC2CCNCC2)c([N+](=O)[O-])c1. The normalized spacial score (nSPS) is 15.5. The molecule has 1 saturated heterocycles. The summed E-state index contributed by atoms with van der Waals surface area (Å²) in [4.78, 5) is 22.5. The van der Waals surface area contributed by atoms with E-state index in [2.05, 4.69) is 16.0 Å². The number of nitro groups is 1. The molecule has 0 bridgehead atoms. The zero-order valence-electron chi connectivity index (χ0n) is 12.0. The van der Waals surface area contributed by atoms with E-state index in [0.29, 0.717) is 17.8 Å². The van der Waals surface area contributed by atoms with Gasteiger partial charge < -0.3 is 16.0 Å². The maximum Gasteiger partial charge on any atom is 0.293 e. The van der Waals surface area contributed by atoms with Crippen molar-refractivity contribution in [1.29, 1.82) is 0 Å². The van der Waals surface area contributed by atoms with Gasteiger partial charge in [-0.05, 0) is 45.0 Å². The number of hydrogen-bond donors (Lipinski definition) is 3. The van der Waals surface area contributed by atoms with Crippen LogP contribution in [0.25, 0.3) is 0 Å². The minimum Gasteiger partial charge on any atom is -0.377 e. The molecule has 0 aliphatic carbocycles. The van der Waals surface area contributed by atoms with E-state index in [9.17, 15) is 14.9 Å². The Bertz CT molecular complexity index is 527. The fraction of sp³-hybridized carbons (Fsp3) is 0.500. The fourth-order valence-corrected chi connectivity index (χ4v) is 2.39. The quantitative estimate of drug-likeness (QED) is 0.564. The van der Waals surface area contributed by atoms with Crippen LogP contribution in [0.4, 0.5) is 11.4 Å². The van der Waals surface area contributed by atoms with Crippen LogP contribution in [0.1, 0.15) is 30.1 Å². The molecule has 0 unspecified atom stereocenters. The third-order valence-electron chi connectivity index (χ3n) is 3.49. The van der Waals surface area contributed by atoms with Gasteiger partial charge in [-0.2, -0.15) is 0 Å². The van der Waals surface area contributed by atoms with Gasteiger partial charge >= 0.3 is 0 Å². The van der Waals surface area contributed by atoms with Crippen LogP contribution in [0.3, 0.4) is 0 Å². The van der Waals surface area contributed by atoms with Gasteiger partial charge in [0.1, 0.15) is 5.69 Å². The first-order valence-electron chi connectivity index (χ1n) is 7.15. The van der Waals surface area contributed by atoms with Crippen molar-refractivity contribution in [1.82, 2.24) is 10.6 Å². The molecule has 0 radical (unpaired) electrons. The minimum absolute atomic E-state index is 0.0581. The monoisotopic (exact) mass is 292 g/mol. The molecular weight excluding hydrogens is 272 g/mol. The summed E-state index contributed by atoms with van der Waals surface area (Å²) in [5, 5.41) is 20.3. The first-order valence-corrected chi connectivity index (χ1v) is 7.15. The van der Waals surface area contributed by atoms with Crippen LogP contribution >= 0.6 is 0 Å². The largest absolute Gasteiger partial charge is 0.377 e. The molecule has 0 atom stereocenters. The van der Waals surface area contributed by atoms with Gasteiger partial charge in [0.2, 0.25) is 0 Å². The summed E-state index contributed by atoms with van der Waals surface area (Å²) in [6.07, 6.45) is 1.85. The van der Waals surface area contributed by atoms with E-state index >= 15 is 0 Å². The van der Waals surface area contributed by atoms with Gasteiger partial charge in [-0.15, -0.1) is 0 Å². The summed E-state index contributed by atoms with van der Waals surface area (Å²) in [6.45, 7) is 4.10. The topological polar surface area (TPSA) is 96.3 Å². The Hall–Kier alpha value is -2.15. The maximum atomic E-state index is 11.8. The summed E-state index contributed by atoms with van der Waals surface area (Å²) in [5.74, 6) is -0.297. The number of carbonyl (C=O) groups excluding carboxylic acids is 1. The summed E-state index contributed by atoms with van der Waals surface area (Å²) in [5.41, 5.74) is 0.719. The van der Waals surface area contributed by atoms with Crippen LogP contribution in [0, 0.1) is 10.1 Å². The first-order chi connectivity index (χ1) is 10.1. The lowest BCUT2D eigenvalue weighted by atomic mass is 10.1. The lowest BCUT2D eigenvalue weighted by Crippen LogP contribution is -2.35. The zero-order chi connectivity index (χ0) is 15.2. The van der Waals surface area contributed by atoms with Crippen LogP contribution in [0.2, 0.25) is 0 Å². The number of hydrogen-bond acceptors (Lipinski definition) is 5. The predicted octanol–water partition coefficient (Wildman–Crippen LogP) is 1.51. The second-order valence-corrected chi connectivity index (χ2v) is 5.02. The van der Waals surface area contributed by atoms with Crippen LogP contribution in [0.15, 0.2) is 18.2 Å². The Balaban J connectivity index is 2.20. The van der Waals surface area contributed by atoms with Crippen molar-refractivity contribution in [3.8, 4) is 0 Å². The van der Waals surface area contributed by atoms with E-state index in [4.69, 9.17) is 0 Å². The maximum absolute atomic E-state index is 11.8. The van der Waals surface area contributed by atoms with Gasteiger partial charge in [-0.3, -0.25) is 14.9 Å². The Kier molecular flexibility index (Phi) is 5.10. The number of benzene rings is 1. The summed E-state index contributed by atoms with van der Waals surface area (Å²) >= 11 is 0. The number of nitrogens with zero attached hydrogens (tertiary/aromatic N) is 1. The van der Waals surface area contributed by atoms with Crippen LogP contribution < -0.4 is 16.0 Å². The molecule has 1 aromatic rings. The van der Waals surface area contributed by atoms with Gasteiger partial charge in [-0.1, -0.05) is 0 Å². The molecule has 114 valence electrons. The van der Waals surface area contributed by atoms with E-state index in [0.717, 1.165) is 25.9 Å². The third-order valence-corrected chi connectivity index (χ3v) is 3.49. The lowest BCUT2D eigenvalue weighted by molar-refractivity contribution is -0.384. The van der Waals surface area contributed by atoms with Crippen molar-refractivity contribution < 1.29 is 9.72 Å². The molecule has 0 saturated carbocycles. The fourth-order valence-electron chi connectivity index (χ4n) is 2.39. The molecule has 0 spiro atoms. The minimum atomic E-state index is -0.452. The molecule has 1 heterocycles. The van der Waals surface area contributed by atoms with E-state index in [1.54, 1.807) is 19.1 Å². The Morgan fingerprint density at radius 1 is 1.43 bits per heavy atom. The standard InChI is InChI=1S/C14H20N4O3/c1-2-16-14(19)10-3-4-12(13(9-10)18(20)21)17-11-5-7-15-8-6-11/h3-4,9,11,15,17H,2,5-8H2,1H3,(H,16,19). The van der Waals surface area contributed by atoms with Crippen molar-refractivity contribution in [3.05, 3.63) is 33.9 Å². The van der Waals surface area contributed by atoms with E-state index in [1.165, 1.54) is 6.07 Å². The predicted molar refractivity (Wildman–Crippen MR) is 80.6 cm³/mol.